The Morgan fingerprint density at radius 2 is 1.71 bits per heavy atom. The molecule has 7 nitrogen and oxygen atoms in total. The molecule has 3 aromatic carbocycles. The van der Waals surface area contributed by atoms with Gasteiger partial charge in [0.1, 0.15) is 11.9 Å². The Bertz CT molecular complexity index is 1400. The molecule has 0 fully saturated rings. The highest BCUT2D eigenvalue weighted by Gasteiger charge is 2.35. The number of nitrogens with zero attached hydrogens (tertiary/aromatic N) is 2. The first kappa shape index (κ1) is 27.6. The summed E-state index contributed by atoms with van der Waals surface area (Å²) in [5.41, 5.74) is 1.33. The van der Waals surface area contributed by atoms with Crippen molar-refractivity contribution >= 4 is 38.3 Å². The van der Waals surface area contributed by atoms with Gasteiger partial charge in [-0.1, -0.05) is 56.7 Å². The van der Waals surface area contributed by atoms with Crippen molar-refractivity contribution in [2.24, 2.45) is 0 Å². The van der Waals surface area contributed by atoms with Crippen molar-refractivity contribution in [1.29, 1.82) is 0 Å². The molecular weight excluding hydrogens is 505 g/mol. The third-order valence-corrected chi connectivity index (χ3v) is 8.77. The largest absolute Gasteiger partial charge is 0.354 e. The lowest BCUT2D eigenvalue weighted by molar-refractivity contribution is -0.141. The van der Waals surface area contributed by atoms with E-state index in [2.05, 4.69) is 5.32 Å². The molecule has 0 spiro atoms. The van der Waals surface area contributed by atoms with Crippen molar-refractivity contribution in [3.05, 3.63) is 72.0 Å². The molecular formula is C29H34FN3O4S. The van der Waals surface area contributed by atoms with E-state index in [0.29, 0.717) is 29.6 Å². The fourth-order valence-electron chi connectivity index (χ4n) is 4.93. The van der Waals surface area contributed by atoms with Crippen LogP contribution in [0.2, 0.25) is 0 Å². The summed E-state index contributed by atoms with van der Waals surface area (Å²) in [6, 6.07) is 15.9. The predicted octanol–water partition coefficient (Wildman–Crippen LogP) is 4.99. The summed E-state index contributed by atoms with van der Waals surface area (Å²) >= 11 is 0. The number of benzene rings is 3. The molecule has 1 aliphatic rings. The van der Waals surface area contributed by atoms with Crippen LogP contribution in [-0.4, -0.2) is 44.3 Å². The lowest BCUT2D eigenvalue weighted by Crippen LogP contribution is -2.49. The summed E-state index contributed by atoms with van der Waals surface area (Å²) in [6.45, 7) is 4.72. The lowest BCUT2D eigenvalue weighted by Gasteiger charge is -2.31. The Labute approximate surface area is 223 Å². The van der Waals surface area contributed by atoms with Gasteiger partial charge < -0.3 is 10.2 Å². The average molecular weight is 540 g/mol. The van der Waals surface area contributed by atoms with Crippen LogP contribution in [-0.2, 0) is 26.2 Å². The monoisotopic (exact) mass is 539 g/mol. The van der Waals surface area contributed by atoms with Gasteiger partial charge in [0.05, 0.1) is 10.6 Å². The summed E-state index contributed by atoms with van der Waals surface area (Å²) < 4.78 is 41.4. The normalized spacial score (nSPS) is 14.4. The summed E-state index contributed by atoms with van der Waals surface area (Å²) in [7, 11) is -3.71. The Balaban J connectivity index is 1.50. The molecule has 0 saturated heterocycles. The van der Waals surface area contributed by atoms with Crippen LogP contribution in [0.15, 0.2) is 65.6 Å². The smallest absolute Gasteiger partial charge is 0.265 e. The van der Waals surface area contributed by atoms with Crippen LogP contribution in [0.5, 0.6) is 0 Å². The van der Waals surface area contributed by atoms with Gasteiger partial charge in [-0.2, -0.15) is 0 Å². The molecule has 1 N–H and O–H groups in total. The molecule has 1 atom stereocenters. The SMILES string of the molecule is CCCCNC(=O)C(CC)N(Cc1ccc(F)cc1)C(=O)CCCN1c2cccc3cccc(c23)S1(=O)=O. The minimum absolute atomic E-state index is 0.0677. The number of sulfonamides is 1. The highest BCUT2D eigenvalue weighted by molar-refractivity contribution is 7.93. The van der Waals surface area contributed by atoms with E-state index in [1.165, 1.54) is 21.3 Å². The molecule has 1 unspecified atom stereocenters. The van der Waals surface area contributed by atoms with Gasteiger partial charge in [0, 0.05) is 31.4 Å². The van der Waals surface area contributed by atoms with E-state index < -0.39 is 16.1 Å². The number of hydrogen-bond donors (Lipinski definition) is 1. The van der Waals surface area contributed by atoms with Gasteiger partial charge in [0.2, 0.25) is 11.8 Å². The first-order valence-corrected chi connectivity index (χ1v) is 14.6. The maximum Gasteiger partial charge on any atom is 0.265 e. The Morgan fingerprint density at radius 3 is 2.39 bits per heavy atom. The average Bonchev–Trinajstić information content (AvgIpc) is 3.13. The van der Waals surface area contributed by atoms with E-state index in [4.69, 9.17) is 0 Å². The fourth-order valence-corrected chi connectivity index (χ4v) is 6.68. The zero-order valence-corrected chi connectivity index (χ0v) is 22.6. The summed E-state index contributed by atoms with van der Waals surface area (Å²) in [5, 5.41) is 4.47. The number of rotatable bonds is 12. The minimum atomic E-state index is -3.71. The summed E-state index contributed by atoms with van der Waals surface area (Å²) in [4.78, 5) is 28.3. The van der Waals surface area contributed by atoms with Crippen LogP contribution >= 0.6 is 0 Å². The van der Waals surface area contributed by atoms with E-state index in [1.54, 1.807) is 30.3 Å². The van der Waals surface area contributed by atoms with E-state index in [-0.39, 0.29) is 48.5 Å². The van der Waals surface area contributed by atoms with Crippen LogP contribution in [0.1, 0.15) is 51.5 Å². The molecule has 9 heteroatoms. The third kappa shape index (κ3) is 5.67. The van der Waals surface area contributed by atoms with Crippen LogP contribution in [0, 0.1) is 5.82 Å². The minimum Gasteiger partial charge on any atom is -0.354 e. The fraction of sp³-hybridized carbons (Fsp3) is 0.379. The van der Waals surface area contributed by atoms with Gasteiger partial charge in [0.25, 0.3) is 10.0 Å². The second-order valence-electron chi connectivity index (χ2n) is 9.53. The third-order valence-electron chi connectivity index (χ3n) is 6.91. The van der Waals surface area contributed by atoms with Crippen LogP contribution < -0.4 is 9.62 Å². The van der Waals surface area contributed by atoms with E-state index in [0.717, 1.165) is 18.2 Å². The molecule has 38 heavy (non-hydrogen) atoms. The molecule has 202 valence electrons. The maximum atomic E-state index is 13.5. The number of unbranched alkanes of at least 4 members (excludes halogenated alkanes) is 1. The molecule has 0 bridgehead atoms. The van der Waals surface area contributed by atoms with Gasteiger partial charge in [-0.3, -0.25) is 13.9 Å². The number of halogens is 1. The molecule has 1 aliphatic heterocycles. The van der Waals surface area contributed by atoms with Crippen molar-refractivity contribution in [2.75, 3.05) is 17.4 Å². The standard InChI is InChI=1S/C29H34FN3O4S/c1-3-5-18-31-29(35)24(4-2)32(20-21-14-16-23(30)17-15-21)27(34)13-8-19-33-25-11-6-9-22-10-7-12-26(28(22)25)38(33,36)37/h6-7,9-12,14-17,24H,3-5,8,13,18-20H2,1-2H3,(H,31,35). The van der Waals surface area contributed by atoms with Gasteiger partial charge in [-0.15, -0.1) is 0 Å². The summed E-state index contributed by atoms with van der Waals surface area (Å²) in [6.07, 6.45) is 2.55. The van der Waals surface area contributed by atoms with Crippen molar-refractivity contribution in [3.63, 3.8) is 0 Å². The van der Waals surface area contributed by atoms with Gasteiger partial charge in [-0.25, -0.2) is 12.8 Å². The zero-order valence-electron chi connectivity index (χ0n) is 21.8. The molecule has 2 amide bonds. The van der Waals surface area contributed by atoms with Crippen molar-refractivity contribution in [3.8, 4) is 0 Å². The number of carbonyl (C=O) groups excluding carboxylic acids is 2. The number of hydrogen-bond acceptors (Lipinski definition) is 4. The topological polar surface area (TPSA) is 86.8 Å². The first-order chi connectivity index (χ1) is 18.3. The zero-order chi connectivity index (χ0) is 27.3. The molecule has 4 rings (SSSR count). The van der Waals surface area contributed by atoms with Gasteiger partial charge >= 0.3 is 0 Å². The van der Waals surface area contributed by atoms with Crippen LogP contribution in [0.25, 0.3) is 10.8 Å². The van der Waals surface area contributed by atoms with Gasteiger partial charge in [-0.05, 0) is 54.5 Å². The number of amides is 2. The quantitative estimate of drug-likeness (QED) is 0.329. The van der Waals surface area contributed by atoms with E-state index in [9.17, 15) is 22.4 Å². The number of anilines is 1. The Morgan fingerprint density at radius 1 is 1.00 bits per heavy atom. The Kier molecular flexibility index (Phi) is 8.66. The highest BCUT2D eigenvalue weighted by atomic mass is 32.2. The maximum absolute atomic E-state index is 13.5. The molecule has 0 aliphatic carbocycles. The molecule has 0 aromatic heterocycles. The van der Waals surface area contributed by atoms with Gasteiger partial charge in [0.15, 0.2) is 0 Å². The number of carbonyl (C=O) groups is 2. The van der Waals surface area contributed by atoms with Crippen LogP contribution in [0.4, 0.5) is 10.1 Å². The van der Waals surface area contributed by atoms with E-state index in [1.807, 2.05) is 32.0 Å². The summed E-state index contributed by atoms with van der Waals surface area (Å²) in [5.74, 6) is -0.849. The highest BCUT2D eigenvalue weighted by Crippen LogP contribution is 2.42. The molecule has 0 saturated carbocycles. The lowest BCUT2D eigenvalue weighted by atomic mass is 10.1. The van der Waals surface area contributed by atoms with Crippen molar-refractivity contribution in [1.82, 2.24) is 10.2 Å². The van der Waals surface area contributed by atoms with Crippen molar-refractivity contribution in [2.45, 2.75) is 63.4 Å². The number of nitrogens with one attached hydrogen (secondary N) is 1. The Hall–Kier alpha value is -3.46. The predicted molar refractivity (Wildman–Crippen MR) is 147 cm³/mol. The first-order valence-electron chi connectivity index (χ1n) is 13.1. The van der Waals surface area contributed by atoms with E-state index >= 15 is 0 Å². The second kappa shape index (κ2) is 11.9. The second-order valence-corrected chi connectivity index (χ2v) is 11.4. The van der Waals surface area contributed by atoms with Crippen molar-refractivity contribution < 1.29 is 22.4 Å². The van der Waals surface area contributed by atoms with Crippen LogP contribution in [0.3, 0.4) is 0 Å². The molecule has 3 aromatic rings. The molecule has 1 heterocycles. The molecule has 0 radical (unpaired) electrons.